The highest BCUT2D eigenvalue weighted by atomic mass is 16.5. The largest absolute Gasteiger partial charge is 0.508 e. The fraction of sp³-hybridized carbons (Fsp3) is 0.417. The maximum Gasteiger partial charge on any atom is 0.255 e. The molecule has 0 aliphatic heterocycles. The molecule has 0 saturated heterocycles. The summed E-state index contributed by atoms with van der Waals surface area (Å²) < 4.78 is 5.03. The van der Waals surface area contributed by atoms with Crippen LogP contribution in [-0.4, -0.2) is 47.6 Å². The van der Waals surface area contributed by atoms with Gasteiger partial charge in [-0.15, -0.1) is 0 Å². The lowest BCUT2D eigenvalue weighted by atomic mass is 10.2. The van der Waals surface area contributed by atoms with Gasteiger partial charge in [-0.25, -0.2) is 0 Å². The number of amides is 1. The number of hydrogen-bond donors (Lipinski definition) is 4. The molecule has 4 N–H and O–H groups in total. The minimum absolute atomic E-state index is 0.0201. The highest BCUT2D eigenvalue weighted by Crippen LogP contribution is 2.22. The van der Waals surface area contributed by atoms with Crippen LogP contribution in [0.25, 0.3) is 0 Å². The SMILES string of the molecule is O=C(NCCCOCCO)c1ccc(O)cc1O. The van der Waals surface area contributed by atoms with Crippen LogP contribution in [0.5, 0.6) is 11.5 Å². The Labute approximate surface area is 105 Å². The lowest BCUT2D eigenvalue weighted by molar-refractivity contribution is 0.0866. The van der Waals surface area contributed by atoms with Gasteiger partial charge in [0.1, 0.15) is 11.5 Å². The number of benzene rings is 1. The van der Waals surface area contributed by atoms with Gasteiger partial charge >= 0.3 is 0 Å². The predicted octanol–water partition coefficient (Wildman–Crippen LogP) is 0.227. The van der Waals surface area contributed by atoms with Crippen molar-refractivity contribution < 1.29 is 24.9 Å². The summed E-state index contributed by atoms with van der Waals surface area (Å²) in [6.07, 6.45) is 0.616. The number of aliphatic hydroxyl groups is 1. The van der Waals surface area contributed by atoms with E-state index in [1.165, 1.54) is 12.1 Å². The normalized spacial score (nSPS) is 10.3. The minimum atomic E-state index is -0.408. The molecule has 0 unspecified atom stereocenters. The average molecular weight is 255 g/mol. The van der Waals surface area contributed by atoms with E-state index in [9.17, 15) is 9.90 Å². The van der Waals surface area contributed by atoms with E-state index in [0.717, 1.165) is 6.07 Å². The molecule has 0 aliphatic rings. The number of rotatable bonds is 7. The summed E-state index contributed by atoms with van der Waals surface area (Å²) in [5, 5.41) is 29.6. The van der Waals surface area contributed by atoms with Crippen LogP contribution in [0.15, 0.2) is 18.2 Å². The van der Waals surface area contributed by atoms with Gasteiger partial charge in [-0.2, -0.15) is 0 Å². The van der Waals surface area contributed by atoms with E-state index in [2.05, 4.69) is 5.32 Å². The van der Waals surface area contributed by atoms with Crippen molar-refractivity contribution in [2.24, 2.45) is 0 Å². The Morgan fingerprint density at radius 2 is 2.06 bits per heavy atom. The van der Waals surface area contributed by atoms with Crippen molar-refractivity contribution >= 4 is 5.91 Å². The average Bonchev–Trinajstić information content (AvgIpc) is 2.33. The standard InChI is InChI=1S/C12H17NO5/c14-5-7-18-6-1-4-13-12(17)10-3-2-9(15)8-11(10)16/h2-3,8,14-16H,1,4-7H2,(H,13,17). The molecule has 0 atom stereocenters. The summed E-state index contributed by atoms with van der Waals surface area (Å²) in [6, 6.07) is 3.79. The molecule has 0 aliphatic carbocycles. The number of phenolic OH excluding ortho intramolecular Hbond substituents is 2. The van der Waals surface area contributed by atoms with Gasteiger partial charge in [-0.3, -0.25) is 4.79 Å². The van der Waals surface area contributed by atoms with Crippen molar-refractivity contribution in [2.45, 2.75) is 6.42 Å². The van der Waals surface area contributed by atoms with E-state index in [-0.39, 0.29) is 30.3 Å². The van der Waals surface area contributed by atoms with Crippen LogP contribution in [-0.2, 0) is 4.74 Å². The Balaban J connectivity index is 2.32. The number of hydrogen-bond acceptors (Lipinski definition) is 5. The van der Waals surface area contributed by atoms with Crippen LogP contribution < -0.4 is 5.32 Å². The fourth-order valence-corrected chi connectivity index (χ4v) is 1.35. The van der Waals surface area contributed by atoms with Gasteiger partial charge in [0.2, 0.25) is 0 Å². The maximum absolute atomic E-state index is 11.6. The second kappa shape index (κ2) is 7.52. The molecule has 18 heavy (non-hydrogen) atoms. The van der Waals surface area contributed by atoms with Gasteiger partial charge in [-0.05, 0) is 18.6 Å². The highest BCUT2D eigenvalue weighted by molar-refractivity contribution is 5.96. The van der Waals surface area contributed by atoms with E-state index in [0.29, 0.717) is 19.6 Å². The summed E-state index contributed by atoms with van der Waals surface area (Å²) in [7, 11) is 0. The van der Waals surface area contributed by atoms with Gasteiger partial charge in [-0.1, -0.05) is 0 Å². The van der Waals surface area contributed by atoms with Gasteiger partial charge in [0.25, 0.3) is 5.91 Å². The minimum Gasteiger partial charge on any atom is -0.508 e. The fourth-order valence-electron chi connectivity index (χ4n) is 1.35. The Morgan fingerprint density at radius 3 is 2.72 bits per heavy atom. The van der Waals surface area contributed by atoms with Crippen molar-refractivity contribution in [1.29, 1.82) is 0 Å². The van der Waals surface area contributed by atoms with E-state index < -0.39 is 5.91 Å². The summed E-state index contributed by atoms with van der Waals surface area (Å²) >= 11 is 0. The molecule has 0 saturated carbocycles. The molecular weight excluding hydrogens is 238 g/mol. The molecule has 0 spiro atoms. The Hall–Kier alpha value is -1.79. The first-order chi connectivity index (χ1) is 8.65. The molecule has 1 aromatic rings. The molecule has 0 bridgehead atoms. The van der Waals surface area contributed by atoms with Crippen LogP contribution in [0.1, 0.15) is 16.8 Å². The third-order valence-corrected chi connectivity index (χ3v) is 2.21. The third-order valence-electron chi connectivity index (χ3n) is 2.21. The van der Waals surface area contributed by atoms with Gasteiger partial charge in [0, 0.05) is 19.2 Å². The quantitative estimate of drug-likeness (QED) is 0.523. The number of phenols is 2. The monoisotopic (exact) mass is 255 g/mol. The molecule has 0 radical (unpaired) electrons. The zero-order valence-corrected chi connectivity index (χ0v) is 9.93. The van der Waals surface area contributed by atoms with Crippen molar-refractivity contribution in [1.82, 2.24) is 5.32 Å². The van der Waals surface area contributed by atoms with Gasteiger partial charge in [0.05, 0.1) is 18.8 Å². The predicted molar refractivity (Wildman–Crippen MR) is 64.6 cm³/mol. The third kappa shape index (κ3) is 4.60. The molecule has 1 aromatic carbocycles. The highest BCUT2D eigenvalue weighted by Gasteiger charge is 2.10. The van der Waals surface area contributed by atoms with Crippen molar-refractivity contribution in [3.8, 4) is 11.5 Å². The van der Waals surface area contributed by atoms with Crippen molar-refractivity contribution in [2.75, 3.05) is 26.4 Å². The van der Waals surface area contributed by atoms with Crippen molar-refractivity contribution in [3.63, 3.8) is 0 Å². The lowest BCUT2D eigenvalue weighted by Crippen LogP contribution is -2.25. The van der Waals surface area contributed by atoms with E-state index >= 15 is 0 Å². The second-order valence-corrected chi connectivity index (χ2v) is 3.65. The Kier molecular flexibility index (Phi) is 5.96. The molecule has 0 aromatic heterocycles. The van der Waals surface area contributed by atoms with Crippen LogP contribution in [0.2, 0.25) is 0 Å². The van der Waals surface area contributed by atoms with Crippen LogP contribution in [0.3, 0.4) is 0 Å². The number of ether oxygens (including phenoxy) is 1. The molecule has 6 heteroatoms. The number of carbonyl (C=O) groups excluding carboxylic acids is 1. The molecule has 0 heterocycles. The second-order valence-electron chi connectivity index (χ2n) is 3.65. The van der Waals surface area contributed by atoms with E-state index in [4.69, 9.17) is 14.9 Å². The van der Waals surface area contributed by atoms with E-state index in [1.807, 2.05) is 0 Å². The number of aliphatic hydroxyl groups excluding tert-OH is 1. The first-order valence-electron chi connectivity index (χ1n) is 5.64. The number of nitrogens with one attached hydrogen (secondary N) is 1. The summed E-state index contributed by atoms with van der Waals surface area (Å²) in [4.78, 5) is 11.6. The molecule has 100 valence electrons. The zero-order chi connectivity index (χ0) is 13.4. The smallest absolute Gasteiger partial charge is 0.255 e. The first-order valence-corrected chi connectivity index (χ1v) is 5.64. The molecule has 6 nitrogen and oxygen atoms in total. The summed E-state index contributed by atoms with van der Waals surface area (Å²) in [5.41, 5.74) is 0.115. The maximum atomic E-state index is 11.6. The lowest BCUT2D eigenvalue weighted by Gasteiger charge is -2.07. The molecule has 1 amide bonds. The number of carbonyl (C=O) groups is 1. The van der Waals surface area contributed by atoms with Crippen LogP contribution in [0, 0.1) is 0 Å². The number of aromatic hydroxyl groups is 2. The van der Waals surface area contributed by atoms with Crippen molar-refractivity contribution in [3.05, 3.63) is 23.8 Å². The topological polar surface area (TPSA) is 99.0 Å². The molecule has 0 fully saturated rings. The Morgan fingerprint density at radius 1 is 1.28 bits per heavy atom. The summed E-state index contributed by atoms with van der Waals surface area (Å²) in [6.45, 7) is 1.12. The van der Waals surface area contributed by atoms with Gasteiger partial charge in [0.15, 0.2) is 0 Å². The van der Waals surface area contributed by atoms with Gasteiger partial charge < -0.3 is 25.4 Å². The molecular formula is C12H17NO5. The van der Waals surface area contributed by atoms with Crippen LogP contribution in [0.4, 0.5) is 0 Å². The summed E-state index contributed by atoms with van der Waals surface area (Å²) in [5.74, 6) is -0.764. The Bertz CT molecular complexity index is 394. The van der Waals surface area contributed by atoms with Crippen LogP contribution >= 0.6 is 0 Å². The molecule has 1 rings (SSSR count). The van der Waals surface area contributed by atoms with E-state index in [1.54, 1.807) is 0 Å². The zero-order valence-electron chi connectivity index (χ0n) is 9.93. The first kappa shape index (κ1) is 14.3.